The topological polar surface area (TPSA) is 61.4 Å². The van der Waals surface area contributed by atoms with Crippen LogP contribution in [-0.2, 0) is 4.79 Å². The fourth-order valence-corrected chi connectivity index (χ4v) is 3.23. The highest BCUT2D eigenvalue weighted by Crippen LogP contribution is 2.17. The molecule has 2 rings (SSSR count). The maximum Gasteiger partial charge on any atom is 0.255 e. The number of hydrogen-bond donors (Lipinski definition) is 2. The van der Waals surface area contributed by atoms with Crippen molar-refractivity contribution in [2.75, 3.05) is 30.3 Å². The standard InChI is InChI=1S/C23H30ClN3O2/c1-3-27(4-2)16-7-5-6-11-22(28)25-20-14-12-18(13-15-20)23(29)26-21-10-8-9-19(24)17-21/h8-10,12-15,17H,3-7,11,16H2,1-2H3,(H,25,28)(H,26,29). The molecule has 0 radical (unpaired) electrons. The van der Waals surface area contributed by atoms with Crippen LogP contribution in [0, 0.1) is 0 Å². The number of unbranched alkanes of at least 4 members (excludes halogenated alkanes) is 2. The number of carbonyl (C=O) groups excluding carboxylic acids is 2. The summed E-state index contributed by atoms with van der Waals surface area (Å²) < 4.78 is 0. The Morgan fingerprint density at radius 2 is 1.62 bits per heavy atom. The maximum absolute atomic E-state index is 12.3. The van der Waals surface area contributed by atoms with E-state index in [0.717, 1.165) is 38.9 Å². The normalized spacial score (nSPS) is 10.8. The average molecular weight is 416 g/mol. The fraction of sp³-hybridized carbons (Fsp3) is 0.391. The van der Waals surface area contributed by atoms with Gasteiger partial charge in [0.25, 0.3) is 5.91 Å². The van der Waals surface area contributed by atoms with E-state index in [2.05, 4.69) is 29.4 Å². The van der Waals surface area contributed by atoms with Gasteiger partial charge in [0.15, 0.2) is 0 Å². The molecule has 0 aliphatic carbocycles. The molecule has 0 bridgehead atoms. The molecular formula is C23H30ClN3O2. The molecule has 0 aromatic heterocycles. The van der Waals surface area contributed by atoms with Gasteiger partial charge < -0.3 is 15.5 Å². The van der Waals surface area contributed by atoms with Crippen molar-refractivity contribution in [3.63, 3.8) is 0 Å². The van der Waals surface area contributed by atoms with Crippen molar-refractivity contribution in [3.05, 3.63) is 59.1 Å². The number of amides is 2. The summed E-state index contributed by atoms with van der Waals surface area (Å²) in [5.41, 5.74) is 1.85. The Morgan fingerprint density at radius 1 is 0.897 bits per heavy atom. The number of hydrogen-bond acceptors (Lipinski definition) is 3. The Morgan fingerprint density at radius 3 is 2.28 bits per heavy atom. The van der Waals surface area contributed by atoms with Crippen LogP contribution in [0.1, 0.15) is 49.9 Å². The van der Waals surface area contributed by atoms with E-state index in [-0.39, 0.29) is 11.8 Å². The summed E-state index contributed by atoms with van der Waals surface area (Å²) in [4.78, 5) is 26.8. The Labute approximate surface area is 178 Å². The highest BCUT2D eigenvalue weighted by molar-refractivity contribution is 6.31. The van der Waals surface area contributed by atoms with E-state index in [1.165, 1.54) is 0 Å². The number of nitrogens with one attached hydrogen (secondary N) is 2. The van der Waals surface area contributed by atoms with Crippen molar-refractivity contribution >= 4 is 34.8 Å². The number of benzene rings is 2. The van der Waals surface area contributed by atoms with Crippen molar-refractivity contribution in [1.82, 2.24) is 4.90 Å². The van der Waals surface area contributed by atoms with E-state index >= 15 is 0 Å². The molecule has 0 saturated carbocycles. The van der Waals surface area contributed by atoms with Crippen LogP contribution in [-0.4, -0.2) is 36.3 Å². The number of rotatable bonds is 11. The molecule has 0 saturated heterocycles. The predicted octanol–water partition coefficient (Wildman–Crippen LogP) is 5.43. The monoisotopic (exact) mass is 415 g/mol. The largest absolute Gasteiger partial charge is 0.326 e. The van der Waals surface area contributed by atoms with Gasteiger partial charge in [-0.25, -0.2) is 0 Å². The van der Waals surface area contributed by atoms with E-state index in [0.29, 0.717) is 28.4 Å². The highest BCUT2D eigenvalue weighted by atomic mass is 35.5. The molecule has 0 fully saturated rings. The van der Waals surface area contributed by atoms with Crippen LogP contribution in [0.2, 0.25) is 5.02 Å². The van der Waals surface area contributed by atoms with Gasteiger partial charge in [0.2, 0.25) is 5.91 Å². The van der Waals surface area contributed by atoms with Crippen molar-refractivity contribution in [3.8, 4) is 0 Å². The minimum absolute atomic E-state index is 0.00367. The molecule has 6 heteroatoms. The van der Waals surface area contributed by atoms with E-state index < -0.39 is 0 Å². The summed E-state index contributed by atoms with van der Waals surface area (Å²) in [5, 5.41) is 6.25. The molecule has 0 heterocycles. The van der Waals surface area contributed by atoms with Crippen LogP contribution in [0.25, 0.3) is 0 Å². The molecule has 2 N–H and O–H groups in total. The van der Waals surface area contributed by atoms with Crippen molar-refractivity contribution in [2.24, 2.45) is 0 Å². The zero-order chi connectivity index (χ0) is 21.1. The van der Waals surface area contributed by atoms with Gasteiger partial charge in [-0.1, -0.05) is 37.9 Å². The van der Waals surface area contributed by atoms with Gasteiger partial charge in [-0.3, -0.25) is 9.59 Å². The lowest BCUT2D eigenvalue weighted by molar-refractivity contribution is -0.116. The lowest BCUT2D eigenvalue weighted by Crippen LogP contribution is -2.23. The average Bonchev–Trinajstić information content (AvgIpc) is 2.71. The van der Waals surface area contributed by atoms with Crippen LogP contribution in [0.5, 0.6) is 0 Å². The van der Waals surface area contributed by atoms with Crippen LogP contribution in [0.15, 0.2) is 48.5 Å². The fourth-order valence-electron chi connectivity index (χ4n) is 3.04. The van der Waals surface area contributed by atoms with Crippen LogP contribution in [0.3, 0.4) is 0 Å². The molecule has 0 aliphatic rings. The SMILES string of the molecule is CCN(CC)CCCCCC(=O)Nc1ccc(C(=O)Nc2cccc(Cl)c2)cc1. The van der Waals surface area contributed by atoms with Gasteiger partial charge in [0.05, 0.1) is 0 Å². The molecule has 0 unspecified atom stereocenters. The maximum atomic E-state index is 12.3. The first-order valence-electron chi connectivity index (χ1n) is 10.2. The molecule has 5 nitrogen and oxygen atoms in total. The Hall–Kier alpha value is -2.37. The van der Waals surface area contributed by atoms with Gasteiger partial charge in [0.1, 0.15) is 0 Å². The molecular weight excluding hydrogens is 386 g/mol. The van der Waals surface area contributed by atoms with Gasteiger partial charge >= 0.3 is 0 Å². The molecule has 2 amide bonds. The van der Waals surface area contributed by atoms with Gasteiger partial charge in [-0.15, -0.1) is 0 Å². The molecule has 29 heavy (non-hydrogen) atoms. The Balaban J connectivity index is 1.73. The Kier molecular flexibility index (Phi) is 9.68. The van der Waals surface area contributed by atoms with Crippen LogP contribution in [0.4, 0.5) is 11.4 Å². The minimum atomic E-state index is -0.224. The van der Waals surface area contributed by atoms with Gasteiger partial charge in [-0.05, 0) is 74.9 Å². The molecule has 0 aliphatic heterocycles. The first-order valence-corrected chi connectivity index (χ1v) is 10.6. The number of nitrogens with zero attached hydrogens (tertiary/aromatic N) is 1. The summed E-state index contributed by atoms with van der Waals surface area (Å²) in [6, 6.07) is 13.9. The zero-order valence-corrected chi connectivity index (χ0v) is 18.0. The summed E-state index contributed by atoms with van der Waals surface area (Å²) in [6.45, 7) is 7.58. The second-order valence-corrected chi connectivity index (χ2v) is 7.36. The number of carbonyl (C=O) groups is 2. The number of anilines is 2. The van der Waals surface area contributed by atoms with Crippen LogP contribution < -0.4 is 10.6 Å². The minimum Gasteiger partial charge on any atom is -0.326 e. The third kappa shape index (κ3) is 8.26. The third-order valence-electron chi connectivity index (χ3n) is 4.79. The molecule has 0 spiro atoms. The summed E-state index contributed by atoms with van der Waals surface area (Å²) in [5.74, 6) is -0.220. The molecule has 2 aromatic carbocycles. The summed E-state index contributed by atoms with van der Waals surface area (Å²) in [6.07, 6.45) is 3.56. The molecule has 0 atom stereocenters. The third-order valence-corrected chi connectivity index (χ3v) is 5.02. The first kappa shape index (κ1) is 22.9. The van der Waals surface area contributed by atoms with Gasteiger partial charge in [0, 0.05) is 28.4 Å². The van der Waals surface area contributed by atoms with Crippen molar-refractivity contribution < 1.29 is 9.59 Å². The first-order chi connectivity index (χ1) is 14.0. The predicted molar refractivity (Wildman–Crippen MR) is 121 cm³/mol. The lowest BCUT2D eigenvalue weighted by Gasteiger charge is -2.17. The zero-order valence-electron chi connectivity index (χ0n) is 17.2. The molecule has 156 valence electrons. The Bertz CT molecular complexity index is 789. The van der Waals surface area contributed by atoms with Crippen molar-refractivity contribution in [1.29, 1.82) is 0 Å². The number of halogens is 1. The van der Waals surface area contributed by atoms with E-state index in [1.54, 1.807) is 48.5 Å². The smallest absolute Gasteiger partial charge is 0.255 e. The summed E-state index contributed by atoms with van der Waals surface area (Å²) in [7, 11) is 0. The van der Waals surface area contributed by atoms with E-state index in [4.69, 9.17) is 11.6 Å². The van der Waals surface area contributed by atoms with Gasteiger partial charge in [-0.2, -0.15) is 0 Å². The lowest BCUT2D eigenvalue weighted by atomic mass is 10.1. The second kappa shape index (κ2) is 12.2. The summed E-state index contributed by atoms with van der Waals surface area (Å²) >= 11 is 5.93. The highest BCUT2D eigenvalue weighted by Gasteiger charge is 2.08. The van der Waals surface area contributed by atoms with E-state index in [1.807, 2.05) is 0 Å². The second-order valence-electron chi connectivity index (χ2n) is 6.93. The van der Waals surface area contributed by atoms with Crippen molar-refractivity contribution in [2.45, 2.75) is 39.5 Å². The quantitative estimate of drug-likeness (QED) is 0.481. The molecule has 2 aromatic rings. The van der Waals surface area contributed by atoms with E-state index in [9.17, 15) is 9.59 Å². The van der Waals surface area contributed by atoms with Crippen LogP contribution >= 0.6 is 11.6 Å².